The Labute approximate surface area is 170 Å². The van der Waals surface area contributed by atoms with E-state index < -0.39 is 11.9 Å². The Balaban J connectivity index is 1.57. The largest absolute Gasteiger partial charge is 0.459 e. The molecule has 1 atom stereocenters. The summed E-state index contributed by atoms with van der Waals surface area (Å²) in [4.78, 5) is 24.8. The summed E-state index contributed by atoms with van der Waals surface area (Å²) in [5, 5.41) is 14.0. The van der Waals surface area contributed by atoms with Gasteiger partial charge in [0.25, 0.3) is 5.91 Å². The second-order valence-corrected chi connectivity index (χ2v) is 8.51. The molecule has 3 rings (SSSR count). The standard InChI is InChI=1S/C19H20N4O3S2/c1-12(2)15(20-16(24)14-9-6-10-26-14)17(25)21-18-22-23-19(28-18)27-11-13-7-4-3-5-8-13/h3-10,12,15H,11H2,1-2H3,(H,20,24)(H,21,22,25). The first-order valence-corrected chi connectivity index (χ1v) is 10.5. The molecule has 0 bridgehead atoms. The van der Waals surface area contributed by atoms with Crippen LogP contribution >= 0.6 is 23.1 Å². The number of thioether (sulfide) groups is 1. The van der Waals surface area contributed by atoms with Crippen molar-refractivity contribution in [3.8, 4) is 0 Å². The van der Waals surface area contributed by atoms with E-state index in [4.69, 9.17) is 4.42 Å². The van der Waals surface area contributed by atoms with Crippen molar-refractivity contribution in [3.63, 3.8) is 0 Å². The Morgan fingerprint density at radius 1 is 1.14 bits per heavy atom. The molecule has 2 aromatic heterocycles. The number of carbonyl (C=O) groups excluding carboxylic acids is 2. The minimum absolute atomic E-state index is 0.112. The van der Waals surface area contributed by atoms with Crippen LogP contribution in [0.25, 0.3) is 0 Å². The van der Waals surface area contributed by atoms with Crippen LogP contribution in [0.1, 0.15) is 30.0 Å². The number of hydrogen-bond donors (Lipinski definition) is 2. The van der Waals surface area contributed by atoms with Gasteiger partial charge in [-0.15, -0.1) is 10.2 Å². The molecule has 1 unspecified atom stereocenters. The number of anilines is 1. The fourth-order valence-electron chi connectivity index (χ4n) is 2.38. The quantitative estimate of drug-likeness (QED) is 0.428. The molecule has 2 heterocycles. The molecule has 28 heavy (non-hydrogen) atoms. The highest BCUT2D eigenvalue weighted by Crippen LogP contribution is 2.28. The summed E-state index contributed by atoms with van der Waals surface area (Å²) in [5.74, 6) is 0.0469. The predicted molar refractivity (Wildman–Crippen MR) is 109 cm³/mol. The summed E-state index contributed by atoms with van der Waals surface area (Å²) in [6.45, 7) is 3.71. The van der Waals surface area contributed by atoms with Crippen molar-refractivity contribution in [2.24, 2.45) is 5.92 Å². The van der Waals surface area contributed by atoms with Crippen LogP contribution in [-0.2, 0) is 10.5 Å². The fourth-order valence-corrected chi connectivity index (χ4v) is 4.09. The van der Waals surface area contributed by atoms with Crippen molar-refractivity contribution in [1.82, 2.24) is 15.5 Å². The van der Waals surface area contributed by atoms with Gasteiger partial charge in [-0.2, -0.15) is 0 Å². The van der Waals surface area contributed by atoms with Crippen LogP contribution < -0.4 is 10.6 Å². The second kappa shape index (κ2) is 9.52. The predicted octanol–water partition coefficient (Wildman–Crippen LogP) is 3.82. The highest BCUT2D eigenvalue weighted by Gasteiger charge is 2.26. The zero-order chi connectivity index (χ0) is 19.9. The Morgan fingerprint density at radius 2 is 1.93 bits per heavy atom. The number of carbonyl (C=O) groups is 2. The summed E-state index contributed by atoms with van der Waals surface area (Å²) >= 11 is 2.86. The van der Waals surface area contributed by atoms with Gasteiger partial charge in [-0.25, -0.2) is 0 Å². The zero-order valence-electron chi connectivity index (χ0n) is 15.4. The Kier molecular flexibility index (Phi) is 6.83. The lowest BCUT2D eigenvalue weighted by Gasteiger charge is -2.20. The maximum Gasteiger partial charge on any atom is 0.287 e. The molecular weight excluding hydrogens is 396 g/mol. The molecule has 0 spiro atoms. The first-order valence-electron chi connectivity index (χ1n) is 8.68. The molecule has 0 saturated carbocycles. The Bertz CT molecular complexity index is 910. The smallest absolute Gasteiger partial charge is 0.287 e. The third-order valence-corrected chi connectivity index (χ3v) is 5.87. The molecule has 0 fully saturated rings. The van der Waals surface area contributed by atoms with Crippen molar-refractivity contribution < 1.29 is 14.0 Å². The molecule has 0 aliphatic rings. The van der Waals surface area contributed by atoms with Gasteiger partial charge in [0.2, 0.25) is 11.0 Å². The van der Waals surface area contributed by atoms with E-state index in [1.54, 1.807) is 23.9 Å². The number of hydrogen-bond acceptors (Lipinski definition) is 7. The van der Waals surface area contributed by atoms with E-state index in [2.05, 4.69) is 20.8 Å². The molecule has 0 aliphatic heterocycles. The first kappa shape index (κ1) is 20.1. The van der Waals surface area contributed by atoms with E-state index in [-0.39, 0.29) is 17.6 Å². The first-order chi connectivity index (χ1) is 13.5. The van der Waals surface area contributed by atoms with Crippen LogP contribution in [-0.4, -0.2) is 28.1 Å². The molecule has 7 nitrogen and oxygen atoms in total. The van der Waals surface area contributed by atoms with Crippen molar-refractivity contribution in [2.45, 2.75) is 30.0 Å². The lowest BCUT2D eigenvalue weighted by Crippen LogP contribution is -2.47. The van der Waals surface area contributed by atoms with Crippen LogP contribution in [0.2, 0.25) is 0 Å². The van der Waals surface area contributed by atoms with Crippen LogP contribution in [0.4, 0.5) is 5.13 Å². The van der Waals surface area contributed by atoms with Gasteiger partial charge in [0.1, 0.15) is 6.04 Å². The third-order valence-electron chi connectivity index (χ3n) is 3.82. The summed E-state index contributed by atoms with van der Waals surface area (Å²) in [6.07, 6.45) is 1.41. The summed E-state index contributed by atoms with van der Waals surface area (Å²) in [5.41, 5.74) is 1.19. The topological polar surface area (TPSA) is 97.1 Å². The molecule has 0 saturated heterocycles. The molecule has 0 radical (unpaired) electrons. The molecule has 1 aromatic carbocycles. The average Bonchev–Trinajstić information content (AvgIpc) is 3.37. The van der Waals surface area contributed by atoms with Crippen molar-refractivity contribution in [2.75, 3.05) is 5.32 Å². The monoisotopic (exact) mass is 416 g/mol. The number of furan rings is 1. The van der Waals surface area contributed by atoms with Crippen molar-refractivity contribution >= 4 is 40.0 Å². The molecular formula is C19H20N4O3S2. The lowest BCUT2D eigenvalue weighted by molar-refractivity contribution is -0.118. The maximum atomic E-state index is 12.6. The normalized spacial score (nSPS) is 12.0. The van der Waals surface area contributed by atoms with Gasteiger partial charge in [0.15, 0.2) is 10.1 Å². The minimum Gasteiger partial charge on any atom is -0.459 e. The van der Waals surface area contributed by atoms with E-state index in [1.165, 1.54) is 23.2 Å². The molecule has 2 amide bonds. The second-order valence-electron chi connectivity index (χ2n) is 6.31. The van der Waals surface area contributed by atoms with E-state index in [0.29, 0.717) is 5.13 Å². The van der Waals surface area contributed by atoms with Gasteiger partial charge in [-0.1, -0.05) is 67.3 Å². The molecule has 3 aromatic rings. The number of rotatable bonds is 8. The average molecular weight is 417 g/mol. The van der Waals surface area contributed by atoms with Gasteiger partial charge < -0.3 is 9.73 Å². The van der Waals surface area contributed by atoms with E-state index in [0.717, 1.165) is 10.1 Å². The van der Waals surface area contributed by atoms with Gasteiger partial charge in [0.05, 0.1) is 6.26 Å². The van der Waals surface area contributed by atoms with E-state index in [9.17, 15) is 9.59 Å². The van der Waals surface area contributed by atoms with Crippen LogP contribution in [0.3, 0.4) is 0 Å². The highest BCUT2D eigenvalue weighted by molar-refractivity contribution is 8.00. The third kappa shape index (κ3) is 5.43. The molecule has 0 aliphatic carbocycles. The van der Waals surface area contributed by atoms with Crippen molar-refractivity contribution in [3.05, 3.63) is 60.1 Å². The highest BCUT2D eigenvalue weighted by atomic mass is 32.2. The number of benzene rings is 1. The van der Waals surface area contributed by atoms with Gasteiger partial charge in [-0.3, -0.25) is 14.9 Å². The zero-order valence-corrected chi connectivity index (χ0v) is 17.0. The number of amides is 2. The van der Waals surface area contributed by atoms with Gasteiger partial charge in [0, 0.05) is 5.75 Å². The van der Waals surface area contributed by atoms with Crippen LogP contribution in [0.15, 0.2) is 57.5 Å². The molecule has 9 heteroatoms. The minimum atomic E-state index is -0.720. The Hall–Kier alpha value is -2.65. The van der Waals surface area contributed by atoms with Crippen LogP contribution in [0, 0.1) is 5.92 Å². The number of nitrogens with one attached hydrogen (secondary N) is 2. The SMILES string of the molecule is CC(C)C(NC(=O)c1ccco1)C(=O)Nc1nnc(SCc2ccccc2)s1. The molecule has 2 N–H and O–H groups in total. The molecule has 146 valence electrons. The maximum absolute atomic E-state index is 12.6. The summed E-state index contributed by atoms with van der Waals surface area (Å²) in [6, 6.07) is 12.5. The number of nitrogens with zero attached hydrogens (tertiary/aromatic N) is 2. The van der Waals surface area contributed by atoms with Gasteiger partial charge in [-0.05, 0) is 23.6 Å². The van der Waals surface area contributed by atoms with Crippen LogP contribution in [0.5, 0.6) is 0 Å². The lowest BCUT2D eigenvalue weighted by atomic mass is 10.0. The fraction of sp³-hybridized carbons (Fsp3) is 0.263. The Morgan fingerprint density at radius 3 is 2.61 bits per heavy atom. The number of aromatic nitrogens is 2. The van der Waals surface area contributed by atoms with E-state index in [1.807, 2.05) is 44.2 Å². The summed E-state index contributed by atoms with van der Waals surface area (Å²) < 4.78 is 5.84. The van der Waals surface area contributed by atoms with Gasteiger partial charge >= 0.3 is 0 Å². The van der Waals surface area contributed by atoms with Crippen molar-refractivity contribution in [1.29, 1.82) is 0 Å². The summed E-state index contributed by atoms with van der Waals surface area (Å²) in [7, 11) is 0. The van der Waals surface area contributed by atoms with E-state index >= 15 is 0 Å².